The zero-order chi connectivity index (χ0) is 29.6. The molecule has 4 rings (SSSR count). The smallest absolute Gasteiger partial charge is 0.410 e. The van der Waals surface area contributed by atoms with Gasteiger partial charge >= 0.3 is 6.09 Å². The first-order valence-electron chi connectivity index (χ1n) is 14.6. The molecule has 1 saturated carbocycles. The van der Waals surface area contributed by atoms with E-state index in [1.807, 2.05) is 37.8 Å². The lowest BCUT2D eigenvalue weighted by Crippen LogP contribution is -2.52. The van der Waals surface area contributed by atoms with E-state index in [2.05, 4.69) is 17.2 Å². The first-order valence-corrected chi connectivity index (χ1v) is 14.6. The van der Waals surface area contributed by atoms with Gasteiger partial charge in [0, 0.05) is 55.7 Å². The van der Waals surface area contributed by atoms with Crippen LogP contribution in [-0.4, -0.2) is 77.1 Å². The predicted octanol–water partition coefficient (Wildman–Crippen LogP) is 3.10. The number of nitrogens with two attached hydrogens (primary N) is 1. The van der Waals surface area contributed by atoms with E-state index < -0.39 is 17.6 Å². The summed E-state index contributed by atoms with van der Waals surface area (Å²) in [6, 6.07) is 5.17. The molecule has 2 heterocycles. The van der Waals surface area contributed by atoms with Crippen molar-refractivity contribution < 1.29 is 28.7 Å². The van der Waals surface area contributed by atoms with Gasteiger partial charge in [-0.05, 0) is 83.1 Å². The van der Waals surface area contributed by atoms with Crippen molar-refractivity contribution in [3.63, 3.8) is 0 Å². The molecule has 1 atom stereocenters. The molecule has 2 aliphatic heterocycles. The summed E-state index contributed by atoms with van der Waals surface area (Å²) in [5.41, 5.74) is 7.71. The normalized spacial score (nSPS) is 22.5. The lowest BCUT2D eigenvalue weighted by Gasteiger charge is -2.37. The highest BCUT2D eigenvalue weighted by Gasteiger charge is 2.39. The molecule has 10 heteroatoms. The van der Waals surface area contributed by atoms with Crippen LogP contribution in [0.5, 0.6) is 0 Å². The van der Waals surface area contributed by atoms with E-state index in [4.69, 9.17) is 15.2 Å². The van der Waals surface area contributed by atoms with Gasteiger partial charge in [-0.3, -0.25) is 19.7 Å². The summed E-state index contributed by atoms with van der Waals surface area (Å²) < 4.78 is 11.4. The number of piperidine rings is 1. The summed E-state index contributed by atoms with van der Waals surface area (Å²) in [6.45, 7) is 7.53. The Bertz CT molecular complexity index is 1210. The van der Waals surface area contributed by atoms with E-state index in [-0.39, 0.29) is 36.4 Å². The van der Waals surface area contributed by atoms with Crippen LogP contribution in [0.1, 0.15) is 93.6 Å². The highest BCUT2D eigenvalue weighted by molar-refractivity contribution is 6.05. The number of imide groups is 1. The molecule has 4 amide bonds. The first-order chi connectivity index (χ1) is 19.5. The monoisotopic (exact) mass is 566 g/mol. The third kappa shape index (κ3) is 8.30. The van der Waals surface area contributed by atoms with Gasteiger partial charge in [0.05, 0.1) is 6.61 Å². The molecule has 1 aromatic carbocycles. The van der Waals surface area contributed by atoms with Gasteiger partial charge in [0.2, 0.25) is 11.8 Å². The molecule has 0 radical (unpaired) electrons. The summed E-state index contributed by atoms with van der Waals surface area (Å²) in [7, 11) is 0. The number of ether oxygens (including phenoxy) is 2. The Morgan fingerprint density at radius 2 is 1.88 bits per heavy atom. The number of rotatable bonds is 8. The van der Waals surface area contributed by atoms with E-state index in [1.54, 1.807) is 6.07 Å². The van der Waals surface area contributed by atoms with Gasteiger partial charge in [0.15, 0.2) is 0 Å². The molecular weight excluding hydrogens is 524 g/mol. The Hall–Kier alpha value is -3.42. The third-order valence-electron chi connectivity index (χ3n) is 7.63. The lowest BCUT2D eigenvalue weighted by molar-refractivity contribution is -0.136. The van der Waals surface area contributed by atoms with Crippen molar-refractivity contribution in [1.29, 1.82) is 0 Å². The Morgan fingerprint density at radius 1 is 1.12 bits per heavy atom. The van der Waals surface area contributed by atoms with Crippen LogP contribution in [0.2, 0.25) is 0 Å². The maximum absolute atomic E-state index is 12.9. The number of carbonyl (C=O) groups excluding carboxylic acids is 4. The van der Waals surface area contributed by atoms with Crippen LogP contribution in [-0.2, 0) is 25.6 Å². The molecule has 3 N–H and O–H groups in total. The van der Waals surface area contributed by atoms with Crippen LogP contribution in [0, 0.1) is 11.8 Å². The van der Waals surface area contributed by atoms with Gasteiger partial charge in [-0.1, -0.05) is 11.8 Å². The summed E-state index contributed by atoms with van der Waals surface area (Å²) >= 11 is 0. The fraction of sp³-hybridized carbons (Fsp3) is 0.613. The van der Waals surface area contributed by atoms with E-state index in [0.29, 0.717) is 51.1 Å². The second kappa shape index (κ2) is 13.5. The molecule has 222 valence electrons. The highest BCUT2D eigenvalue weighted by atomic mass is 16.6. The Kier molecular flexibility index (Phi) is 10.1. The summed E-state index contributed by atoms with van der Waals surface area (Å²) in [5, 5.41) is 2.32. The molecule has 0 bridgehead atoms. The molecule has 1 unspecified atom stereocenters. The molecule has 0 aromatic heterocycles. The summed E-state index contributed by atoms with van der Waals surface area (Å²) in [6.07, 6.45) is 5.16. The Labute approximate surface area is 242 Å². The largest absolute Gasteiger partial charge is 0.444 e. The highest BCUT2D eigenvalue weighted by Crippen LogP contribution is 2.28. The van der Waals surface area contributed by atoms with Crippen molar-refractivity contribution in [3.8, 4) is 11.8 Å². The number of nitrogens with zero attached hydrogens (tertiary/aromatic N) is 2. The first kappa shape index (κ1) is 30.5. The third-order valence-corrected chi connectivity index (χ3v) is 7.63. The minimum absolute atomic E-state index is 0.147. The Balaban J connectivity index is 1.21. The standard InChI is InChI=1S/C31H42N4O6/c1-31(2,3)41-30(39)34(24-11-9-23(32)10-12-24)16-6-18-40-17-5-4-7-21-8-13-25-22(19-21)20-35(29(25)38)26-14-15-27(36)33-28(26)37/h8,13,19,23-24,26H,5-6,9-12,14-18,20,32H2,1-3H3,(H,33,36,37). The van der Waals surface area contributed by atoms with Gasteiger partial charge < -0.3 is 25.0 Å². The zero-order valence-electron chi connectivity index (χ0n) is 24.4. The molecule has 41 heavy (non-hydrogen) atoms. The number of amides is 4. The predicted molar refractivity (Wildman–Crippen MR) is 153 cm³/mol. The number of carbonyl (C=O) groups is 4. The average molecular weight is 567 g/mol. The van der Waals surface area contributed by atoms with Gasteiger partial charge in [-0.15, -0.1) is 0 Å². The van der Waals surface area contributed by atoms with Crippen molar-refractivity contribution in [2.45, 2.75) is 102 Å². The zero-order valence-corrected chi connectivity index (χ0v) is 24.4. The van der Waals surface area contributed by atoms with Gasteiger partial charge in [0.25, 0.3) is 5.91 Å². The number of benzene rings is 1. The molecule has 3 aliphatic rings. The SMILES string of the molecule is CC(C)(C)OC(=O)N(CCCOCCC#Cc1ccc2c(c1)CN(C1CCC(=O)NC1=O)C2=O)C1CCC(N)CC1. The van der Waals surface area contributed by atoms with Crippen LogP contribution < -0.4 is 11.1 Å². The number of fused-ring (bicyclic) bond motifs is 1. The van der Waals surface area contributed by atoms with Crippen molar-refractivity contribution in [1.82, 2.24) is 15.1 Å². The molecule has 2 fully saturated rings. The van der Waals surface area contributed by atoms with E-state index >= 15 is 0 Å². The van der Waals surface area contributed by atoms with Crippen molar-refractivity contribution in [3.05, 3.63) is 34.9 Å². The molecule has 1 saturated heterocycles. The molecule has 10 nitrogen and oxygen atoms in total. The number of nitrogens with one attached hydrogen (secondary N) is 1. The molecule has 0 spiro atoms. The molecular formula is C31H42N4O6. The quantitative estimate of drug-likeness (QED) is 0.281. The maximum atomic E-state index is 12.9. The van der Waals surface area contributed by atoms with Crippen LogP contribution in [0.25, 0.3) is 0 Å². The fourth-order valence-corrected chi connectivity index (χ4v) is 5.54. The summed E-state index contributed by atoms with van der Waals surface area (Å²) in [4.78, 5) is 52.8. The second-order valence-electron chi connectivity index (χ2n) is 12.0. The van der Waals surface area contributed by atoms with Crippen LogP contribution in [0.4, 0.5) is 4.79 Å². The minimum atomic E-state index is -0.628. The van der Waals surface area contributed by atoms with E-state index in [9.17, 15) is 19.2 Å². The fourth-order valence-electron chi connectivity index (χ4n) is 5.54. The van der Waals surface area contributed by atoms with Crippen LogP contribution in [0.15, 0.2) is 18.2 Å². The topological polar surface area (TPSA) is 131 Å². The second-order valence-corrected chi connectivity index (χ2v) is 12.0. The maximum Gasteiger partial charge on any atom is 0.410 e. The minimum Gasteiger partial charge on any atom is -0.444 e. The van der Waals surface area contributed by atoms with E-state index in [0.717, 1.165) is 36.8 Å². The number of hydrogen-bond donors (Lipinski definition) is 2. The van der Waals surface area contributed by atoms with Crippen molar-refractivity contribution in [2.75, 3.05) is 19.8 Å². The van der Waals surface area contributed by atoms with Gasteiger partial charge in [-0.2, -0.15) is 0 Å². The number of hydrogen-bond acceptors (Lipinski definition) is 7. The van der Waals surface area contributed by atoms with Crippen LogP contribution in [0.3, 0.4) is 0 Å². The van der Waals surface area contributed by atoms with Crippen LogP contribution >= 0.6 is 0 Å². The van der Waals surface area contributed by atoms with E-state index in [1.165, 1.54) is 4.90 Å². The summed E-state index contributed by atoms with van der Waals surface area (Å²) in [5.74, 6) is 5.33. The average Bonchev–Trinajstić information content (AvgIpc) is 3.22. The van der Waals surface area contributed by atoms with Gasteiger partial charge in [-0.25, -0.2) is 4.79 Å². The Morgan fingerprint density at radius 3 is 2.59 bits per heavy atom. The lowest BCUT2D eigenvalue weighted by atomic mass is 9.91. The van der Waals surface area contributed by atoms with Crippen molar-refractivity contribution >= 4 is 23.8 Å². The van der Waals surface area contributed by atoms with Gasteiger partial charge in [0.1, 0.15) is 11.6 Å². The molecule has 1 aromatic rings. The molecule has 1 aliphatic carbocycles. The van der Waals surface area contributed by atoms with Crippen molar-refractivity contribution in [2.24, 2.45) is 5.73 Å².